The molecule has 1 aliphatic heterocycles. The minimum absolute atomic E-state index is 0.153. The molecule has 1 saturated heterocycles. The van der Waals surface area contributed by atoms with Gasteiger partial charge in [0.1, 0.15) is 5.82 Å². The van der Waals surface area contributed by atoms with E-state index in [9.17, 15) is 4.79 Å². The fourth-order valence-electron chi connectivity index (χ4n) is 3.73. The zero-order valence-electron chi connectivity index (χ0n) is 15.8. The lowest BCUT2D eigenvalue weighted by Crippen LogP contribution is -2.27. The quantitative estimate of drug-likeness (QED) is 0.710. The summed E-state index contributed by atoms with van der Waals surface area (Å²) in [4.78, 5) is 17.4. The van der Waals surface area contributed by atoms with Crippen LogP contribution in [0.3, 0.4) is 0 Å². The van der Waals surface area contributed by atoms with Gasteiger partial charge in [-0.15, -0.1) is 5.10 Å². The van der Waals surface area contributed by atoms with Crippen LogP contribution in [0.4, 0.5) is 0 Å². The maximum Gasteiger partial charge on any atom is 0.280 e. The molecule has 8 heteroatoms. The number of rotatable bonds is 5. The fraction of sp³-hybridized carbons (Fsp3) is 0.450. The number of nitrogens with two attached hydrogens (primary N) is 1. The Labute approximate surface area is 168 Å². The van der Waals surface area contributed by atoms with Crippen molar-refractivity contribution in [3.05, 3.63) is 63.1 Å². The summed E-state index contributed by atoms with van der Waals surface area (Å²) in [5, 5.41) is 4.59. The summed E-state index contributed by atoms with van der Waals surface area (Å²) in [5.74, 6) is 1.01. The Hall–Kier alpha value is -2.22. The zero-order valence-corrected chi connectivity index (χ0v) is 16.6. The van der Waals surface area contributed by atoms with Gasteiger partial charge in [0.05, 0.1) is 6.20 Å². The zero-order chi connectivity index (χ0) is 19.7. The van der Waals surface area contributed by atoms with Gasteiger partial charge in [0.2, 0.25) is 5.28 Å². The van der Waals surface area contributed by atoms with E-state index in [4.69, 9.17) is 22.1 Å². The summed E-state index contributed by atoms with van der Waals surface area (Å²) < 4.78 is 8.48. The van der Waals surface area contributed by atoms with Crippen LogP contribution < -0.4 is 11.3 Å². The van der Waals surface area contributed by atoms with Crippen LogP contribution in [-0.4, -0.2) is 32.4 Å². The second-order valence-electron chi connectivity index (χ2n) is 7.34. The van der Waals surface area contributed by atoms with Gasteiger partial charge in [-0.2, -0.15) is 0 Å². The Kier molecular flexibility index (Phi) is 5.48. The molecule has 1 aromatic carbocycles. The number of aromatic nitrogens is 4. The summed E-state index contributed by atoms with van der Waals surface area (Å²) in [6.07, 6.45) is 3.91. The predicted octanol–water partition coefficient (Wildman–Crippen LogP) is 2.84. The molecule has 3 aromatic rings. The first-order chi connectivity index (χ1) is 13.5. The lowest BCUT2D eigenvalue weighted by Gasteiger charge is -2.20. The largest absolute Gasteiger partial charge is 0.381 e. The highest BCUT2D eigenvalue weighted by Crippen LogP contribution is 2.26. The molecular weight excluding hydrogens is 378 g/mol. The van der Waals surface area contributed by atoms with Gasteiger partial charge in [-0.3, -0.25) is 9.36 Å². The van der Waals surface area contributed by atoms with E-state index < -0.39 is 0 Å². The number of fused-ring (bicyclic) bond motifs is 1. The highest BCUT2D eigenvalue weighted by Gasteiger charge is 2.23. The molecule has 1 fully saturated rings. The Morgan fingerprint density at radius 2 is 2.14 bits per heavy atom. The number of aryl methyl sites for hydroxylation is 1. The van der Waals surface area contributed by atoms with E-state index in [2.05, 4.69) is 16.1 Å². The molecule has 7 nitrogen and oxygen atoms in total. The first kappa shape index (κ1) is 19.1. The van der Waals surface area contributed by atoms with E-state index in [1.165, 1.54) is 4.57 Å². The van der Waals surface area contributed by atoms with Crippen molar-refractivity contribution in [1.29, 1.82) is 0 Å². The number of hydrogen-bond acceptors (Lipinski definition) is 5. The van der Waals surface area contributed by atoms with Crippen molar-refractivity contribution in [3.63, 3.8) is 0 Å². The molecule has 2 aromatic heterocycles. The van der Waals surface area contributed by atoms with Crippen LogP contribution in [0.1, 0.15) is 48.2 Å². The normalized spacial score (nSPS) is 16.5. The highest BCUT2D eigenvalue weighted by molar-refractivity contribution is 6.28. The Bertz CT molecular complexity index is 1040. The van der Waals surface area contributed by atoms with Crippen molar-refractivity contribution < 1.29 is 4.74 Å². The molecule has 1 atom stereocenters. The number of hydrogen-bond donors (Lipinski definition) is 1. The van der Waals surface area contributed by atoms with Crippen LogP contribution >= 0.6 is 11.6 Å². The molecule has 1 aliphatic rings. The molecule has 148 valence electrons. The number of benzene rings is 1. The molecule has 1 unspecified atom stereocenters. The summed E-state index contributed by atoms with van der Waals surface area (Å²) >= 11 is 6.37. The third-order valence-corrected chi connectivity index (χ3v) is 5.63. The van der Waals surface area contributed by atoms with Crippen molar-refractivity contribution in [3.8, 4) is 0 Å². The van der Waals surface area contributed by atoms with Gasteiger partial charge >= 0.3 is 0 Å². The molecule has 0 spiro atoms. The third-order valence-electron chi connectivity index (χ3n) is 5.35. The van der Waals surface area contributed by atoms with Gasteiger partial charge in [-0.05, 0) is 43.4 Å². The molecule has 0 saturated carbocycles. The van der Waals surface area contributed by atoms with Crippen LogP contribution in [0.15, 0.2) is 35.3 Å². The van der Waals surface area contributed by atoms with Gasteiger partial charge < -0.3 is 10.5 Å². The molecule has 2 N–H and O–H groups in total. The van der Waals surface area contributed by atoms with Crippen molar-refractivity contribution in [2.45, 2.75) is 44.7 Å². The molecular formula is C20H24ClN5O2. The SMILES string of the molecule is Cc1cccc(C(N)CCn2c(Cl)nn3c(C4CCOCC4)ncc3c2=O)c1. The van der Waals surface area contributed by atoms with Gasteiger partial charge in [0.15, 0.2) is 5.52 Å². The first-order valence-corrected chi connectivity index (χ1v) is 9.96. The Morgan fingerprint density at radius 3 is 2.89 bits per heavy atom. The van der Waals surface area contributed by atoms with Crippen LogP contribution in [0.25, 0.3) is 5.52 Å². The first-order valence-electron chi connectivity index (χ1n) is 9.58. The summed E-state index contributed by atoms with van der Waals surface area (Å²) in [7, 11) is 0. The lowest BCUT2D eigenvalue weighted by molar-refractivity contribution is 0.0832. The van der Waals surface area contributed by atoms with Crippen molar-refractivity contribution >= 4 is 17.1 Å². The Balaban J connectivity index is 1.59. The van der Waals surface area contributed by atoms with E-state index in [1.807, 2.05) is 25.1 Å². The van der Waals surface area contributed by atoms with E-state index in [0.29, 0.717) is 31.7 Å². The average molecular weight is 402 g/mol. The molecule has 3 heterocycles. The smallest absolute Gasteiger partial charge is 0.280 e. The van der Waals surface area contributed by atoms with Crippen molar-refractivity contribution in [2.24, 2.45) is 5.73 Å². The van der Waals surface area contributed by atoms with Gasteiger partial charge in [0, 0.05) is 31.7 Å². The van der Waals surface area contributed by atoms with Gasteiger partial charge in [0.25, 0.3) is 5.56 Å². The van der Waals surface area contributed by atoms with E-state index in [1.54, 1.807) is 10.7 Å². The van der Waals surface area contributed by atoms with E-state index in [-0.39, 0.29) is 22.8 Å². The third kappa shape index (κ3) is 3.70. The Morgan fingerprint density at radius 1 is 1.36 bits per heavy atom. The molecule has 0 radical (unpaired) electrons. The van der Waals surface area contributed by atoms with Crippen LogP contribution in [0.5, 0.6) is 0 Å². The fourth-order valence-corrected chi connectivity index (χ4v) is 3.97. The van der Waals surface area contributed by atoms with E-state index in [0.717, 1.165) is 29.8 Å². The maximum absolute atomic E-state index is 13.0. The molecule has 0 aliphatic carbocycles. The number of nitrogens with zero attached hydrogens (tertiary/aromatic N) is 4. The van der Waals surface area contributed by atoms with Gasteiger partial charge in [-0.25, -0.2) is 9.50 Å². The van der Waals surface area contributed by atoms with Crippen molar-refractivity contribution in [2.75, 3.05) is 13.2 Å². The van der Waals surface area contributed by atoms with Crippen LogP contribution in [-0.2, 0) is 11.3 Å². The maximum atomic E-state index is 13.0. The second kappa shape index (κ2) is 8.03. The lowest BCUT2D eigenvalue weighted by atomic mass is 10.00. The van der Waals surface area contributed by atoms with Crippen LogP contribution in [0.2, 0.25) is 5.28 Å². The molecule has 28 heavy (non-hydrogen) atoms. The summed E-state index contributed by atoms with van der Waals surface area (Å²) in [6.45, 7) is 3.82. The number of imidazole rings is 1. The summed E-state index contributed by atoms with van der Waals surface area (Å²) in [6, 6.07) is 7.91. The highest BCUT2D eigenvalue weighted by atomic mass is 35.5. The number of ether oxygens (including phenoxy) is 1. The van der Waals surface area contributed by atoms with Crippen LogP contribution in [0, 0.1) is 6.92 Å². The minimum atomic E-state index is -0.192. The molecule has 0 bridgehead atoms. The van der Waals surface area contributed by atoms with E-state index >= 15 is 0 Å². The monoisotopic (exact) mass is 401 g/mol. The average Bonchev–Trinajstić information content (AvgIpc) is 3.12. The number of halogens is 1. The standard InChI is InChI=1S/C20H24ClN5O2/c1-13-3-2-4-15(11-13)16(22)5-8-25-19(27)17-12-23-18(26(17)24-20(25)21)14-6-9-28-10-7-14/h2-4,11-12,14,16H,5-10,22H2,1H3. The molecule has 0 amide bonds. The minimum Gasteiger partial charge on any atom is -0.381 e. The molecule has 4 rings (SSSR count). The summed E-state index contributed by atoms with van der Waals surface area (Å²) in [5.41, 5.74) is 8.77. The second-order valence-corrected chi connectivity index (χ2v) is 7.67. The van der Waals surface area contributed by atoms with Gasteiger partial charge in [-0.1, -0.05) is 29.8 Å². The topological polar surface area (TPSA) is 87.4 Å². The predicted molar refractivity (Wildman–Crippen MR) is 108 cm³/mol. The van der Waals surface area contributed by atoms with Crippen molar-refractivity contribution in [1.82, 2.24) is 19.2 Å².